The van der Waals surface area contributed by atoms with Crippen LogP contribution in [0.2, 0.25) is 0 Å². The van der Waals surface area contributed by atoms with Crippen LogP contribution in [0.4, 0.5) is 5.95 Å². The van der Waals surface area contributed by atoms with Gasteiger partial charge in [-0.25, -0.2) is 9.97 Å². The Kier molecular flexibility index (Phi) is 3.44. The van der Waals surface area contributed by atoms with E-state index in [4.69, 9.17) is 0 Å². The lowest BCUT2D eigenvalue weighted by atomic mass is 9.98. The lowest BCUT2D eigenvalue weighted by Gasteiger charge is -2.39. The van der Waals surface area contributed by atoms with Crippen molar-refractivity contribution in [2.75, 3.05) is 4.90 Å². The molecule has 2 aliphatic heterocycles. The minimum atomic E-state index is 0.492. The Balaban J connectivity index is 1.60. The van der Waals surface area contributed by atoms with Crippen molar-refractivity contribution in [3.8, 4) is 0 Å². The lowest BCUT2D eigenvalue weighted by Crippen LogP contribution is -2.44. The Morgan fingerprint density at radius 1 is 1.05 bits per heavy atom. The molecule has 2 fully saturated rings. The number of halogens is 1. The fourth-order valence-electron chi connectivity index (χ4n) is 4.03. The summed E-state index contributed by atoms with van der Waals surface area (Å²) in [5, 5.41) is 4.48. The van der Waals surface area contributed by atoms with Crippen molar-refractivity contribution in [1.82, 2.24) is 19.7 Å². The predicted molar refractivity (Wildman–Crippen MR) is 89.0 cm³/mol. The summed E-state index contributed by atoms with van der Waals surface area (Å²) < 4.78 is 3.18. The third kappa shape index (κ3) is 2.43. The number of piperidine rings is 1. The molecule has 0 aromatic carbocycles. The second kappa shape index (κ2) is 5.33. The zero-order chi connectivity index (χ0) is 15.3. The van der Waals surface area contributed by atoms with Crippen LogP contribution in [0.25, 0.3) is 0 Å². The van der Waals surface area contributed by atoms with Crippen molar-refractivity contribution >= 4 is 21.9 Å². The fourth-order valence-corrected chi connectivity index (χ4v) is 4.33. The molecule has 2 aromatic rings. The van der Waals surface area contributed by atoms with Crippen molar-refractivity contribution in [2.24, 2.45) is 0 Å². The molecule has 6 heteroatoms. The van der Waals surface area contributed by atoms with Gasteiger partial charge in [0.05, 0.1) is 16.7 Å². The van der Waals surface area contributed by atoms with Crippen molar-refractivity contribution < 1.29 is 0 Å². The normalized spacial score (nSPS) is 27.4. The Morgan fingerprint density at radius 2 is 1.68 bits per heavy atom. The second-order valence-electron chi connectivity index (χ2n) is 6.51. The van der Waals surface area contributed by atoms with Gasteiger partial charge in [-0.1, -0.05) is 0 Å². The van der Waals surface area contributed by atoms with Gasteiger partial charge in [0.2, 0.25) is 5.95 Å². The van der Waals surface area contributed by atoms with E-state index >= 15 is 0 Å². The SMILES string of the molecule is Cc1cc(C)nc(N2C3CCC2CC(n2cc(Br)cn2)C3)n1. The number of hydrogen-bond donors (Lipinski definition) is 0. The van der Waals surface area contributed by atoms with Crippen LogP contribution in [0.15, 0.2) is 22.9 Å². The zero-order valence-electron chi connectivity index (χ0n) is 12.9. The molecule has 2 aromatic heterocycles. The first kappa shape index (κ1) is 14.2. The van der Waals surface area contributed by atoms with E-state index in [2.05, 4.69) is 46.8 Å². The molecule has 2 saturated heterocycles. The van der Waals surface area contributed by atoms with Gasteiger partial charge in [-0.2, -0.15) is 5.10 Å². The number of aryl methyl sites for hydroxylation is 2. The smallest absolute Gasteiger partial charge is 0.226 e. The van der Waals surface area contributed by atoms with E-state index in [1.54, 1.807) is 0 Å². The van der Waals surface area contributed by atoms with Gasteiger partial charge in [0.1, 0.15) is 0 Å². The van der Waals surface area contributed by atoms with E-state index in [1.807, 2.05) is 26.1 Å². The molecule has 116 valence electrons. The Hall–Kier alpha value is -1.43. The number of anilines is 1. The highest BCUT2D eigenvalue weighted by Crippen LogP contribution is 2.42. The van der Waals surface area contributed by atoms with Crippen molar-refractivity contribution in [2.45, 2.75) is 57.7 Å². The molecular weight excluding hydrogens is 342 g/mol. The summed E-state index contributed by atoms with van der Waals surface area (Å²) in [6.07, 6.45) is 8.69. The zero-order valence-corrected chi connectivity index (χ0v) is 14.5. The van der Waals surface area contributed by atoms with E-state index < -0.39 is 0 Å². The fraction of sp³-hybridized carbons (Fsp3) is 0.562. The predicted octanol–water partition coefficient (Wildman–Crippen LogP) is 3.42. The highest BCUT2D eigenvalue weighted by Gasteiger charge is 2.42. The summed E-state index contributed by atoms with van der Waals surface area (Å²) in [5.41, 5.74) is 2.11. The lowest BCUT2D eigenvalue weighted by molar-refractivity contribution is 0.312. The molecule has 5 nitrogen and oxygen atoms in total. The summed E-state index contributed by atoms with van der Waals surface area (Å²) in [6, 6.07) is 3.60. The van der Waals surface area contributed by atoms with Crippen LogP contribution in [-0.4, -0.2) is 31.8 Å². The van der Waals surface area contributed by atoms with Gasteiger partial charge in [-0.15, -0.1) is 0 Å². The highest BCUT2D eigenvalue weighted by atomic mass is 79.9. The topological polar surface area (TPSA) is 46.8 Å². The second-order valence-corrected chi connectivity index (χ2v) is 7.42. The van der Waals surface area contributed by atoms with E-state index in [0.29, 0.717) is 18.1 Å². The minimum absolute atomic E-state index is 0.492. The number of nitrogens with zero attached hydrogens (tertiary/aromatic N) is 5. The molecule has 2 unspecified atom stereocenters. The molecule has 2 bridgehead atoms. The maximum atomic E-state index is 4.69. The first-order chi connectivity index (χ1) is 10.6. The summed E-state index contributed by atoms with van der Waals surface area (Å²) in [4.78, 5) is 11.8. The average molecular weight is 362 g/mol. The van der Waals surface area contributed by atoms with Crippen LogP contribution in [0.1, 0.15) is 43.1 Å². The standard InChI is InChI=1S/C16H20BrN5/c1-10-5-11(2)20-16(19-10)22-13-3-4-14(22)7-15(6-13)21-9-12(17)8-18-21/h5,8-9,13-15H,3-4,6-7H2,1-2H3. The average Bonchev–Trinajstić information content (AvgIpc) is 2.99. The van der Waals surface area contributed by atoms with Gasteiger partial charge >= 0.3 is 0 Å². The molecule has 0 amide bonds. The van der Waals surface area contributed by atoms with Crippen LogP contribution < -0.4 is 4.90 Å². The minimum Gasteiger partial charge on any atom is -0.335 e. The maximum Gasteiger partial charge on any atom is 0.226 e. The summed E-state index contributed by atoms with van der Waals surface area (Å²) >= 11 is 3.50. The quantitative estimate of drug-likeness (QED) is 0.821. The van der Waals surface area contributed by atoms with Gasteiger partial charge < -0.3 is 4.90 Å². The van der Waals surface area contributed by atoms with Gasteiger partial charge in [0.25, 0.3) is 0 Å². The monoisotopic (exact) mass is 361 g/mol. The Labute approximate surface area is 138 Å². The molecule has 22 heavy (non-hydrogen) atoms. The summed E-state index contributed by atoms with van der Waals surface area (Å²) in [6.45, 7) is 4.10. The molecule has 0 saturated carbocycles. The number of rotatable bonds is 2. The van der Waals surface area contributed by atoms with Gasteiger partial charge in [0.15, 0.2) is 0 Å². The highest BCUT2D eigenvalue weighted by molar-refractivity contribution is 9.10. The first-order valence-electron chi connectivity index (χ1n) is 7.90. The molecule has 0 radical (unpaired) electrons. The van der Waals surface area contributed by atoms with Gasteiger partial charge in [0, 0.05) is 29.7 Å². The van der Waals surface area contributed by atoms with E-state index in [9.17, 15) is 0 Å². The van der Waals surface area contributed by atoms with Crippen LogP contribution >= 0.6 is 15.9 Å². The van der Waals surface area contributed by atoms with Crippen molar-refractivity contribution in [1.29, 1.82) is 0 Å². The molecule has 0 aliphatic carbocycles. The molecule has 2 aliphatic rings. The Bertz CT molecular complexity index is 663. The number of aromatic nitrogens is 4. The first-order valence-corrected chi connectivity index (χ1v) is 8.70. The maximum absolute atomic E-state index is 4.69. The van der Waals surface area contributed by atoms with E-state index in [-0.39, 0.29) is 0 Å². The van der Waals surface area contributed by atoms with E-state index in [0.717, 1.165) is 34.7 Å². The largest absolute Gasteiger partial charge is 0.335 e. The number of hydrogen-bond acceptors (Lipinski definition) is 4. The van der Waals surface area contributed by atoms with Crippen LogP contribution in [0.5, 0.6) is 0 Å². The van der Waals surface area contributed by atoms with Crippen molar-refractivity contribution in [3.05, 3.63) is 34.3 Å². The molecule has 0 N–H and O–H groups in total. The van der Waals surface area contributed by atoms with Crippen LogP contribution in [-0.2, 0) is 0 Å². The Morgan fingerprint density at radius 3 is 2.23 bits per heavy atom. The molecule has 0 spiro atoms. The van der Waals surface area contributed by atoms with Crippen LogP contribution in [0, 0.1) is 13.8 Å². The third-order valence-electron chi connectivity index (χ3n) is 4.85. The summed E-state index contributed by atoms with van der Waals surface area (Å²) in [7, 11) is 0. The third-order valence-corrected chi connectivity index (χ3v) is 5.26. The van der Waals surface area contributed by atoms with Crippen LogP contribution in [0.3, 0.4) is 0 Å². The molecular formula is C16H20BrN5. The molecule has 4 rings (SSSR count). The van der Waals surface area contributed by atoms with E-state index in [1.165, 1.54) is 12.8 Å². The van der Waals surface area contributed by atoms with Gasteiger partial charge in [-0.3, -0.25) is 4.68 Å². The molecule has 4 heterocycles. The summed E-state index contributed by atoms with van der Waals surface area (Å²) in [5.74, 6) is 0.921. The molecule has 2 atom stereocenters. The number of fused-ring (bicyclic) bond motifs is 2. The van der Waals surface area contributed by atoms with Crippen molar-refractivity contribution in [3.63, 3.8) is 0 Å². The van der Waals surface area contributed by atoms with Gasteiger partial charge in [-0.05, 0) is 61.5 Å².